The lowest BCUT2D eigenvalue weighted by molar-refractivity contribution is 0.0601. The molecule has 9 heteroatoms. The second kappa shape index (κ2) is 9.83. The van der Waals surface area contributed by atoms with Crippen LogP contribution in [0.25, 0.3) is 0 Å². The smallest absolute Gasteiger partial charge is 0.341 e. The number of hydrogen-bond acceptors (Lipinski definition) is 6. The van der Waals surface area contributed by atoms with Gasteiger partial charge in [-0.25, -0.2) is 13.2 Å². The Kier molecular flexibility index (Phi) is 7.00. The summed E-state index contributed by atoms with van der Waals surface area (Å²) in [5.74, 6) is -0.780. The van der Waals surface area contributed by atoms with Crippen molar-refractivity contribution < 1.29 is 22.7 Å². The summed E-state index contributed by atoms with van der Waals surface area (Å²) in [6.07, 6.45) is 3.87. The lowest BCUT2D eigenvalue weighted by Gasteiger charge is -2.23. The van der Waals surface area contributed by atoms with Crippen LogP contribution < -0.4 is 9.62 Å². The Morgan fingerprint density at radius 2 is 1.77 bits per heavy atom. The summed E-state index contributed by atoms with van der Waals surface area (Å²) in [5.41, 5.74) is 5.27. The van der Waals surface area contributed by atoms with Gasteiger partial charge in [0.15, 0.2) is 0 Å². The molecule has 4 rings (SSSR count). The van der Waals surface area contributed by atoms with Crippen molar-refractivity contribution in [2.24, 2.45) is 0 Å². The molecule has 3 aromatic rings. The lowest BCUT2D eigenvalue weighted by Crippen LogP contribution is -2.29. The molecule has 0 radical (unpaired) electrons. The molecule has 1 heterocycles. The quantitative estimate of drug-likeness (QED) is 0.457. The van der Waals surface area contributed by atoms with Gasteiger partial charge in [0.05, 0.1) is 31.2 Å². The highest BCUT2D eigenvalue weighted by atomic mass is 32.2. The van der Waals surface area contributed by atoms with Crippen molar-refractivity contribution in [3.05, 3.63) is 80.7 Å². The summed E-state index contributed by atoms with van der Waals surface area (Å²) in [6, 6.07) is 12.3. The number of anilines is 2. The predicted octanol–water partition coefficient (Wildman–Crippen LogP) is 4.86. The van der Waals surface area contributed by atoms with Gasteiger partial charge in [-0.1, -0.05) is 18.2 Å². The molecule has 0 atom stereocenters. The number of rotatable bonds is 7. The van der Waals surface area contributed by atoms with E-state index in [1.165, 1.54) is 29.0 Å². The van der Waals surface area contributed by atoms with Gasteiger partial charge in [0.1, 0.15) is 5.00 Å². The fraction of sp³-hybridized carbons (Fsp3) is 0.308. The average molecular weight is 513 g/mol. The van der Waals surface area contributed by atoms with Gasteiger partial charge >= 0.3 is 5.97 Å². The van der Waals surface area contributed by atoms with Gasteiger partial charge in [0.25, 0.3) is 5.91 Å². The van der Waals surface area contributed by atoms with Gasteiger partial charge in [-0.2, -0.15) is 0 Å². The molecule has 0 unspecified atom stereocenters. The van der Waals surface area contributed by atoms with Crippen molar-refractivity contribution in [1.29, 1.82) is 0 Å². The summed E-state index contributed by atoms with van der Waals surface area (Å²) < 4.78 is 31.3. The third kappa shape index (κ3) is 5.26. The van der Waals surface area contributed by atoms with E-state index in [0.717, 1.165) is 46.4 Å². The summed E-state index contributed by atoms with van der Waals surface area (Å²) in [4.78, 5) is 26.4. The van der Waals surface area contributed by atoms with Crippen molar-refractivity contribution >= 4 is 43.9 Å². The molecule has 0 aliphatic heterocycles. The van der Waals surface area contributed by atoms with Crippen LogP contribution in [0, 0.1) is 13.8 Å². The van der Waals surface area contributed by atoms with Gasteiger partial charge in [0.2, 0.25) is 10.0 Å². The monoisotopic (exact) mass is 512 g/mol. The highest BCUT2D eigenvalue weighted by molar-refractivity contribution is 7.92. The number of hydrogen-bond donors (Lipinski definition) is 1. The van der Waals surface area contributed by atoms with E-state index in [-0.39, 0.29) is 12.5 Å². The Morgan fingerprint density at radius 1 is 1.06 bits per heavy atom. The molecular formula is C26H28N2O5S2. The van der Waals surface area contributed by atoms with E-state index in [1.54, 1.807) is 30.3 Å². The molecule has 2 aromatic carbocycles. The number of benzene rings is 2. The van der Waals surface area contributed by atoms with E-state index < -0.39 is 16.0 Å². The summed E-state index contributed by atoms with van der Waals surface area (Å²) >= 11 is 1.42. The van der Waals surface area contributed by atoms with Gasteiger partial charge in [-0.15, -0.1) is 11.3 Å². The lowest BCUT2D eigenvalue weighted by atomic mass is 10.1. The molecular weight excluding hydrogens is 484 g/mol. The second-order valence-corrected chi connectivity index (χ2v) is 11.8. The zero-order valence-corrected chi connectivity index (χ0v) is 21.8. The van der Waals surface area contributed by atoms with Gasteiger partial charge in [-0.05, 0) is 79.6 Å². The molecule has 35 heavy (non-hydrogen) atoms. The summed E-state index contributed by atoms with van der Waals surface area (Å²) in [5, 5.41) is 3.37. The fourth-order valence-corrected chi connectivity index (χ4v) is 6.35. The van der Waals surface area contributed by atoms with Crippen molar-refractivity contribution in [1.82, 2.24) is 0 Å². The van der Waals surface area contributed by atoms with Crippen LogP contribution in [0.1, 0.15) is 54.3 Å². The second-order valence-electron chi connectivity index (χ2n) is 8.74. The molecule has 0 fully saturated rings. The number of nitrogens with zero attached hydrogens (tertiary/aromatic N) is 1. The normalized spacial score (nSPS) is 12.8. The highest BCUT2D eigenvalue weighted by Gasteiger charge is 2.28. The minimum absolute atomic E-state index is 0.146. The number of aryl methyl sites for hydroxylation is 3. The Morgan fingerprint density at radius 3 is 2.40 bits per heavy atom. The standard InChI is InChI=1S/C26H28N2O5S2/c1-16-8-13-20(14-17(16)2)28(35(4,31)32)15-18-9-11-19(12-10-18)24(29)27-25-23(26(30)33-3)21-6-5-7-22(21)34-25/h8-14H,5-7,15H2,1-4H3,(H,27,29). The largest absolute Gasteiger partial charge is 0.465 e. The first-order valence-electron chi connectivity index (χ1n) is 11.3. The van der Waals surface area contributed by atoms with Crippen LogP contribution in [-0.4, -0.2) is 33.7 Å². The molecule has 1 N–H and O–H groups in total. The van der Waals surface area contributed by atoms with Crippen molar-refractivity contribution in [3.63, 3.8) is 0 Å². The SMILES string of the molecule is COC(=O)c1c(NC(=O)c2ccc(CN(c3ccc(C)c(C)c3)S(C)(=O)=O)cc2)sc2c1CCC2. The molecule has 0 bridgehead atoms. The summed E-state index contributed by atoms with van der Waals surface area (Å²) in [6.45, 7) is 4.07. The maximum Gasteiger partial charge on any atom is 0.341 e. The number of fused-ring (bicyclic) bond motifs is 1. The maximum absolute atomic E-state index is 12.9. The van der Waals surface area contributed by atoms with E-state index in [4.69, 9.17) is 4.74 Å². The van der Waals surface area contributed by atoms with Crippen molar-refractivity contribution in [2.75, 3.05) is 23.0 Å². The van der Waals surface area contributed by atoms with Gasteiger partial charge in [-0.3, -0.25) is 9.10 Å². The first kappa shape index (κ1) is 24.9. The Labute approximate surface area is 209 Å². The fourth-order valence-electron chi connectivity index (χ4n) is 4.19. The number of nitrogens with one attached hydrogen (secondary N) is 1. The molecule has 0 saturated carbocycles. The number of thiophene rings is 1. The van der Waals surface area contributed by atoms with E-state index in [2.05, 4.69) is 5.32 Å². The zero-order valence-electron chi connectivity index (χ0n) is 20.2. The van der Waals surface area contributed by atoms with Crippen LogP contribution in [-0.2, 0) is 34.1 Å². The zero-order chi connectivity index (χ0) is 25.3. The Balaban J connectivity index is 1.53. The third-order valence-electron chi connectivity index (χ3n) is 6.26. The summed E-state index contributed by atoms with van der Waals surface area (Å²) in [7, 11) is -2.18. The van der Waals surface area contributed by atoms with Crippen LogP contribution in [0.2, 0.25) is 0 Å². The molecule has 184 valence electrons. The number of sulfonamides is 1. The molecule has 1 aromatic heterocycles. The van der Waals surface area contributed by atoms with Crippen LogP contribution in [0.15, 0.2) is 42.5 Å². The van der Waals surface area contributed by atoms with Crippen LogP contribution in [0.5, 0.6) is 0 Å². The molecule has 0 spiro atoms. The number of ether oxygens (including phenoxy) is 1. The Bertz CT molecular complexity index is 1390. The molecule has 0 saturated heterocycles. The number of amides is 1. The van der Waals surface area contributed by atoms with Gasteiger partial charge in [0, 0.05) is 10.4 Å². The van der Waals surface area contributed by atoms with Crippen molar-refractivity contribution in [2.45, 2.75) is 39.7 Å². The first-order valence-corrected chi connectivity index (χ1v) is 13.9. The molecule has 1 aliphatic rings. The number of methoxy groups -OCH3 is 1. The molecule has 1 aliphatic carbocycles. The predicted molar refractivity (Wildman–Crippen MR) is 139 cm³/mol. The van der Waals surface area contributed by atoms with Crippen molar-refractivity contribution in [3.8, 4) is 0 Å². The van der Waals surface area contributed by atoms with E-state index in [1.807, 2.05) is 26.0 Å². The average Bonchev–Trinajstić information content (AvgIpc) is 3.39. The molecule has 7 nitrogen and oxygen atoms in total. The number of carbonyl (C=O) groups is 2. The number of carbonyl (C=O) groups excluding carboxylic acids is 2. The number of esters is 1. The van der Waals surface area contributed by atoms with Gasteiger partial charge < -0.3 is 10.1 Å². The minimum Gasteiger partial charge on any atom is -0.465 e. The minimum atomic E-state index is -3.52. The first-order chi connectivity index (χ1) is 16.6. The highest BCUT2D eigenvalue weighted by Crippen LogP contribution is 2.39. The van der Waals surface area contributed by atoms with Crippen LogP contribution in [0.4, 0.5) is 10.7 Å². The van der Waals surface area contributed by atoms with Crippen LogP contribution >= 0.6 is 11.3 Å². The van der Waals surface area contributed by atoms with E-state index >= 15 is 0 Å². The topological polar surface area (TPSA) is 92.8 Å². The van der Waals surface area contributed by atoms with Crippen LogP contribution in [0.3, 0.4) is 0 Å². The third-order valence-corrected chi connectivity index (χ3v) is 8.61. The maximum atomic E-state index is 12.9. The molecule has 1 amide bonds. The van der Waals surface area contributed by atoms with E-state index in [9.17, 15) is 18.0 Å². The Hall–Kier alpha value is -3.17. The van der Waals surface area contributed by atoms with E-state index in [0.29, 0.717) is 21.8 Å².